The van der Waals surface area contributed by atoms with Gasteiger partial charge >= 0.3 is 0 Å². The molecule has 0 spiro atoms. The molecule has 0 saturated carbocycles. The Bertz CT molecular complexity index is 354. The number of aliphatic imine (C=N–C) groups is 1. The molecule has 1 aromatic rings. The van der Waals surface area contributed by atoms with Crippen LogP contribution in [0.1, 0.15) is 12.0 Å². The molecular formula is C13H16N2. The summed E-state index contributed by atoms with van der Waals surface area (Å²) >= 11 is 0. The maximum atomic E-state index is 4.47. The second kappa shape index (κ2) is 4.78. The highest BCUT2D eigenvalue weighted by molar-refractivity contribution is 5.84. The van der Waals surface area contributed by atoms with Crippen LogP contribution in [0.15, 0.2) is 48.0 Å². The first-order valence-corrected chi connectivity index (χ1v) is 5.33. The van der Waals surface area contributed by atoms with Gasteiger partial charge in [-0.3, -0.25) is 4.99 Å². The zero-order chi connectivity index (χ0) is 10.5. The van der Waals surface area contributed by atoms with Crippen molar-refractivity contribution in [3.05, 3.63) is 48.6 Å². The van der Waals surface area contributed by atoms with Gasteiger partial charge in [0.25, 0.3) is 0 Å². The predicted molar refractivity (Wildman–Crippen MR) is 64.0 cm³/mol. The molecule has 78 valence electrons. The van der Waals surface area contributed by atoms with Gasteiger partial charge in [-0.05, 0) is 5.56 Å². The van der Waals surface area contributed by atoms with Crippen LogP contribution in [0.2, 0.25) is 0 Å². The van der Waals surface area contributed by atoms with Gasteiger partial charge in [-0.2, -0.15) is 0 Å². The topological polar surface area (TPSA) is 15.6 Å². The average molecular weight is 200 g/mol. The van der Waals surface area contributed by atoms with Gasteiger partial charge in [0.05, 0.1) is 6.54 Å². The van der Waals surface area contributed by atoms with Gasteiger partial charge in [0, 0.05) is 19.5 Å². The molecule has 0 amide bonds. The fourth-order valence-electron chi connectivity index (χ4n) is 1.83. The van der Waals surface area contributed by atoms with Crippen molar-refractivity contribution in [2.24, 2.45) is 4.99 Å². The van der Waals surface area contributed by atoms with Crippen molar-refractivity contribution < 1.29 is 0 Å². The van der Waals surface area contributed by atoms with Gasteiger partial charge in [0.15, 0.2) is 0 Å². The van der Waals surface area contributed by atoms with Gasteiger partial charge in [0.2, 0.25) is 0 Å². The van der Waals surface area contributed by atoms with Crippen molar-refractivity contribution in [1.29, 1.82) is 0 Å². The van der Waals surface area contributed by atoms with E-state index < -0.39 is 0 Å². The minimum Gasteiger partial charge on any atom is -0.354 e. The van der Waals surface area contributed by atoms with Crippen LogP contribution < -0.4 is 0 Å². The van der Waals surface area contributed by atoms with E-state index in [1.807, 2.05) is 12.1 Å². The van der Waals surface area contributed by atoms with Crippen LogP contribution >= 0.6 is 0 Å². The van der Waals surface area contributed by atoms with Crippen LogP contribution in [-0.4, -0.2) is 23.8 Å². The molecular weight excluding hydrogens is 184 g/mol. The number of hydrogen-bond donors (Lipinski definition) is 0. The summed E-state index contributed by atoms with van der Waals surface area (Å²) in [6, 6.07) is 10.5. The van der Waals surface area contributed by atoms with Crippen LogP contribution in [0.3, 0.4) is 0 Å². The fourth-order valence-corrected chi connectivity index (χ4v) is 1.83. The summed E-state index contributed by atoms with van der Waals surface area (Å²) in [5.41, 5.74) is 1.34. The summed E-state index contributed by atoms with van der Waals surface area (Å²) in [6.07, 6.45) is 2.80. The van der Waals surface area contributed by atoms with Crippen molar-refractivity contribution in [2.75, 3.05) is 13.1 Å². The molecule has 0 atom stereocenters. The lowest BCUT2D eigenvalue weighted by molar-refractivity contribution is 0.447. The van der Waals surface area contributed by atoms with E-state index in [0.29, 0.717) is 0 Å². The summed E-state index contributed by atoms with van der Waals surface area (Å²) in [7, 11) is 0. The van der Waals surface area contributed by atoms with Crippen LogP contribution in [0.4, 0.5) is 0 Å². The Kier molecular flexibility index (Phi) is 3.18. The summed E-state index contributed by atoms with van der Waals surface area (Å²) in [5, 5.41) is 0. The predicted octanol–water partition coefficient (Wildman–Crippen LogP) is 2.48. The molecule has 0 unspecified atom stereocenters. The number of benzene rings is 1. The molecule has 1 aromatic carbocycles. The van der Waals surface area contributed by atoms with Crippen molar-refractivity contribution >= 4 is 5.84 Å². The van der Waals surface area contributed by atoms with Crippen molar-refractivity contribution in [1.82, 2.24) is 4.90 Å². The Morgan fingerprint density at radius 1 is 1.33 bits per heavy atom. The Balaban J connectivity index is 2.01. The van der Waals surface area contributed by atoms with Crippen molar-refractivity contribution in [2.45, 2.75) is 13.0 Å². The van der Waals surface area contributed by atoms with Crippen LogP contribution in [0, 0.1) is 0 Å². The summed E-state index contributed by atoms with van der Waals surface area (Å²) in [4.78, 5) is 6.80. The zero-order valence-corrected chi connectivity index (χ0v) is 8.89. The molecule has 0 bridgehead atoms. The first kappa shape index (κ1) is 9.97. The molecule has 0 aromatic heterocycles. The SMILES string of the molecule is C=CCC1=NCCN1Cc1ccccc1. The molecule has 1 aliphatic rings. The minimum absolute atomic E-state index is 0.882. The molecule has 0 aliphatic carbocycles. The summed E-state index contributed by atoms with van der Waals surface area (Å²) in [5.74, 6) is 1.17. The molecule has 0 N–H and O–H groups in total. The molecule has 1 heterocycles. The van der Waals surface area contributed by atoms with E-state index in [-0.39, 0.29) is 0 Å². The third-order valence-electron chi connectivity index (χ3n) is 2.57. The van der Waals surface area contributed by atoms with E-state index in [9.17, 15) is 0 Å². The van der Waals surface area contributed by atoms with Gasteiger partial charge in [0.1, 0.15) is 5.84 Å². The van der Waals surface area contributed by atoms with E-state index in [2.05, 4.69) is 40.7 Å². The largest absolute Gasteiger partial charge is 0.354 e. The van der Waals surface area contributed by atoms with Gasteiger partial charge in [-0.1, -0.05) is 36.4 Å². The second-order valence-electron chi connectivity index (χ2n) is 3.70. The van der Waals surface area contributed by atoms with Gasteiger partial charge in [-0.25, -0.2) is 0 Å². The monoisotopic (exact) mass is 200 g/mol. The van der Waals surface area contributed by atoms with E-state index in [0.717, 1.165) is 26.1 Å². The van der Waals surface area contributed by atoms with Gasteiger partial charge in [-0.15, -0.1) is 6.58 Å². The van der Waals surface area contributed by atoms with Crippen molar-refractivity contribution in [3.63, 3.8) is 0 Å². The molecule has 1 aliphatic heterocycles. The Hall–Kier alpha value is -1.57. The lowest BCUT2D eigenvalue weighted by Gasteiger charge is -2.19. The molecule has 0 radical (unpaired) electrons. The van der Waals surface area contributed by atoms with E-state index in [1.165, 1.54) is 11.4 Å². The van der Waals surface area contributed by atoms with E-state index >= 15 is 0 Å². The van der Waals surface area contributed by atoms with Gasteiger partial charge < -0.3 is 4.90 Å². The number of amidine groups is 1. The molecule has 2 heteroatoms. The van der Waals surface area contributed by atoms with Crippen LogP contribution in [0.5, 0.6) is 0 Å². The number of rotatable bonds is 4. The fraction of sp³-hybridized carbons (Fsp3) is 0.308. The first-order chi connectivity index (χ1) is 7.40. The van der Waals surface area contributed by atoms with Crippen LogP contribution in [-0.2, 0) is 6.54 Å². The highest BCUT2D eigenvalue weighted by atomic mass is 15.2. The Morgan fingerprint density at radius 2 is 2.13 bits per heavy atom. The standard InChI is InChI=1S/C13H16N2/c1-2-6-13-14-9-10-15(13)11-12-7-4-3-5-8-12/h2-5,7-8H,1,6,9-11H2. The number of hydrogen-bond acceptors (Lipinski definition) is 2. The first-order valence-electron chi connectivity index (χ1n) is 5.33. The summed E-state index contributed by atoms with van der Waals surface area (Å²) in [6.45, 7) is 6.69. The van der Waals surface area contributed by atoms with E-state index in [1.54, 1.807) is 0 Å². The lowest BCUT2D eigenvalue weighted by Crippen LogP contribution is -2.26. The maximum absolute atomic E-state index is 4.47. The summed E-state index contributed by atoms with van der Waals surface area (Å²) < 4.78 is 0. The van der Waals surface area contributed by atoms with Crippen molar-refractivity contribution in [3.8, 4) is 0 Å². The normalized spacial score (nSPS) is 15.2. The third-order valence-corrected chi connectivity index (χ3v) is 2.57. The molecule has 2 rings (SSSR count). The molecule has 0 saturated heterocycles. The van der Waals surface area contributed by atoms with Crippen LogP contribution in [0.25, 0.3) is 0 Å². The zero-order valence-electron chi connectivity index (χ0n) is 8.89. The smallest absolute Gasteiger partial charge is 0.103 e. The highest BCUT2D eigenvalue weighted by Crippen LogP contribution is 2.11. The quantitative estimate of drug-likeness (QED) is 0.682. The molecule has 0 fully saturated rings. The Labute approximate surface area is 90.9 Å². The Morgan fingerprint density at radius 3 is 2.87 bits per heavy atom. The third kappa shape index (κ3) is 2.46. The average Bonchev–Trinajstić information content (AvgIpc) is 2.68. The lowest BCUT2D eigenvalue weighted by atomic mass is 10.2. The number of nitrogens with zero attached hydrogens (tertiary/aromatic N) is 2. The molecule has 15 heavy (non-hydrogen) atoms. The van der Waals surface area contributed by atoms with E-state index in [4.69, 9.17) is 0 Å². The minimum atomic E-state index is 0.882. The second-order valence-corrected chi connectivity index (χ2v) is 3.70. The highest BCUT2D eigenvalue weighted by Gasteiger charge is 2.14. The molecule has 2 nitrogen and oxygen atoms in total. The maximum Gasteiger partial charge on any atom is 0.103 e.